The van der Waals surface area contributed by atoms with Crippen molar-refractivity contribution < 1.29 is 9.00 Å². The van der Waals surface area contributed by atoms with Crippen molar-refractivity contribution >= 4 is 15.8 Å². The van der Waals surface area contributed by atoms with Crippen LogP contribution in [0.4, 0.5) is 0 Å². The Labute approximate surface area is 150 Å². The molecular weight excluding hydrogens is 332 g/mol. The highest BCUT2D eigenvalue weighted by Gasteiger charge is 2.15. The van der Waals surface area contributed by atoms with Crippen LogP contribution in [-0.4, -0.2) is 16.7 Å². The molecule has 0 fully saturated rings. The van der Waals surface area contributed by atoms with E-state index in [2.05, 4.69) is 15.2 Å². The largest absolute Gasteiger partial charge is 0.286 e. The van der Waals surface area contributed by atoms with Crippen molar-refractivity contribution in [2.75, 3.05) is 6.54 Å². The van der Waals surface area contributed by atoms with E-state index in [1.165, 1.54) is 0 Å². The van der Waals surface area contributed by atoms with Gasteiger partial charge in [0.2, 0.25) is 0 Å². The van der Waals surface area contributed by atoms with Gasteiger partial charge < -0.3 is 0 Å². The summed E-state index contributed by atoms with van der Waals surface area (Å²) in [6.45, 7) is 4.45. The van der Waals surface area contributed by atoms with Gasteiger partial charge in [-0.1, -0.05) is 48.0 Å². The lowest BCUT2D eigenvalue weighted by Gasteiger charge is -2.12. The average Bonchev–Trinajstić information content (AvgIpc) is 2.62. The molecule has 1 amide bonds. The standard InChI is InChI=1S/C20H24N2O2S/c1-3-4-5-9-16-21-25(24,19-14-12-17(2)13-15-19)22-20(23)18-10-7-6-8-11-18/h3-4,6-8,10-15H,5,9,16H2,1-2H3,(H,21,22,23,24)/b4-3+. The summed E-state index contributed by atoms with van der Waals surface area (Å²) < 4.78 is 20.5. The highest BCUT2D eigenvalue weighted by molar-refractivity contribution is 7.92. The first-order valence-electron chi connectivity index (χ1n) is 8.34. The first kappa shape index (κ1) is 19.1. The number of aryl methyl sites for hydroxylation is 1. The fraction of sp³-hybridized carbons (Fsp3) is 0.250. The Balaban J connectivity index is 2.31. The zero-order valence-electron chi connectivity index (χ0n) is 14.6. The lowest BCUT2D eigenvalue weighted by Crippen LogP contribution is -2.26. The van der Waals surface area contributed by atoms with E-state index in [4.69, 9.17) is 0 Å². The molecule has 2 rings (SSSR count). The summed E-state index contributed by atoms with van der Waals surface area (Å²) in [7, 11) is -3.02. The Morgan fingerprint density at radius 2 is 1.80 bits per heavy atom. The molecule has 132 valence electrons. The van der Waals surface area contributed by atoms with Gasteiger partial charge in [-0.05, 0) is 51.0 Å². The van der Waals surface area contributed by atoms with Crippen LogP contribution in [0.1, 0.15) is 35.7 Å². The van der Waals surface area contributed by atoms with E-state index in [-0.39, 0.29) is 0 Å². The number of rotatable bonds is 7. The van der Waals surface area contributed by atoms with Crippen LogP contribution in [0.25, 0.3) is 0 Å². The summed E-state index contributed by atoms with van der Waals surface area (Å²) in [4.78, 5) is 13.0. The van der Waals surface area contributed by atoms with Gasteiger partial charge in [-0.2, -0.15) is 0 Å². The predicted octanol–water partition coefficient (Wildman–Crippen LogP) is 4.52. The van der Waals surface area contributed by atoms with E-state index < -0.39 is 15.8 Å². The maximum absolute atomic E-state index is 13.4. The molecule has 0 aliphatic heterocycles. The number of allylic oxidation sites excluding steroid dienone is 2. The van der Waals surface area contributed by atoms with Crippen LogP contribution < -0.4 is 4.72 Å². The molecular formula is C20H24N2O2S. The molecule has 2 aromatic carbocycles. The van der Waals surface area contributed by atoms with Gasteiger partial charge >= 0.3 is 0 Å². The molecule has 0 bridgehead atoms. The zero-order valence-corrected chi connectivity index (χ0v) is 15.5. The zero-order chi connectivity index (χ0) is 18.1. The summed E-state index contributed by atoms with van der Waals surface area (Å²) >= 11 is 0. The first-order valence-corrected chi connectivity index (χ1v) is 9.85. The Hall–Kier alpha value is -2.24. The van der Waals surface area contributed by atoms with E-state index in [1.807, 2.05) is 38.1 Å². The maximum atomic E-state index is 13.4. The molecule has 1 N–H and O–H groups in total. The predicted molar refractivity (Wildman–Crippen MR) is 103 cm³/mol. The second kappa shape index (κ2) is 9.30. The van der Waals surface area contributed by atoms with Crippen LogP contribution >= 0.6 is 0 Å². The number of hydrogen-bond acceptors (Lipinski definition) is 2. The average molecular weight is 356 g/mol. The van der Waals surface area contributed by atoms with Crippen molar-refractivity contribution in [2.45, 2.75) is 31.6 Å². The fourth-order valence-electron chi connectivity index (χ4n) is 2.24. The van der Waals surface area contributed by atoms with Gasteiger partial charge in [0.1, 0.15) is 9.92 Å². The summed E-state index contributed by atoms with van der Waals surface area (Å²) in [6.07, 6.45) is 5.75. The minimum absolute atomic E-state index is 0.429. The maximum Gasteiger partial charge on any atom is 0.286 e. The Morgan fingerprint density at radius 1 is 1.12 bits per heavy atom. The smallest absolute Gasteiger partial charge is 0.266 e. The summed E-state index contributed by atoms with van der Waals surface area (Å²) in [5.41, 5.74) is 1.49. The van der Waals surface area contributed by atoms with Crippen LogP contribution in [0.2, 0.25) is 0 Å². The number of carbonyl (C=O) groups excluding carboxylic acids is 1. The second-order valence-corrected chi connectivity index (χ2v) is 7.70. The van der Waals surface area contributed by atoms with Crippen LogP contribution in [0.3, 0.4) is 0 Å². The first-order chi connectivity index (χ1) is 12.0. The Kier molecular flexibility index (Phi) is 7.10. The van der Waals surface area contributed by atoms with E-state index in [0.717, 1.165) is 18.4 Å². The number of unbranched alkanes of at least 4 members (excludes halogenated alkanes) is 1. The van der Waals surface area contributed by atoms with Crippen molar-refractivity contribution in [3.63, 3.8) is 0 Å². The molecule has 0 saturated heterocycles. The third kappa shape index (κ3) is 5.66. The molecule has 0 aliphatic rings. The molecule has 1 unspecified atom stereocenters. The Morgan fingerprint density at radius 3 is 2.44 bits per heavy atom. The topological polar surface area (TPSA) is 58.5 Å². The van der Waals surface area contributed by atoms with E-state index in [9.17, 15) is 9.00 Å². The number of benzene rings is 2. The SMILES string of the molecule is C/C=C/CCCNS(=O)(=NC(=O)c1ccccc1)c1ccc(C)cc1. The summed E-state index contributed by atoms with van der Waals surface area (Å²) in [5, 5.41) is 0. The molecule has 2 aromatic rings. The second-order valence-electron chi connectivity index (χ2n) is 5.71. The van der Waals surface area contributed by atoms with Crippen molar-refractivity contribution in [1.82, 2.24) is 4.72 Å². The van der Waals surface area contributed by atoms with Crippen LogP contribution in [0.15, 0.2) is 76.0 Å². The number of nitrogens with zero attached hydrogens (tertiary/aromatic N) is 1. The quantitative estimate of drug-likeness (QED) is 0.585. The van der Waals surface area contributed by atoms with Gasteiger partial charge in [-0.15, -0.1) is 4.36 Å². The van der Waals surface area contributed by atoms with Gasteiger partial charge in [-0.25, -0.2) is 8.93 Å². The van der Waals surface area contributed by atoms with Gasteiger partial charge in [0.05, 0.1) is 4.90 Å². The number of hydrogen-bond donors (Lipinski definition) is 1. The lowest BCUT2D eigenvalue weighted by molar-refractivity contribution is 0.100. The molecule has 0 spiro atoms. The lowest BCUT2D eigenvalue weighted by atomic mass is 10.2. The van der Waals surface area contributed by atoms with Gasteiger partial charge in [0.25, 0.3) is 5.91 Å². The van der Waals surface area contributed by atoms with Gasteiger partial charge in [-0.3, -0.25) is 4.79 Å². The minimum Gasteiger partial charge on any atom is -0.266 e. The molecule has 0 radical (unpaired) electrons. The molecule has 0 aliphatic carbocycles. The summed E-state index contributed by atoms with van der Waals surface area (Å²) in [5.74, 6) is -0.480. The van der Waals surface area contributed by atoms with Crippen molar-refractivity contribution in [2.24, 2.45) is 4.36 Å². The highest BCUT2D eigenvalue weighted by atomic mass is 32.2. The van der Waals surface area contributed by atoms with Crippen molar-refractivity contribution in [1.29, 1.82) is 0 Å². The minimum atomic E-state index is -3.02. The molecule has 1 atom stereocenters. The molecule has 4 nitrogen and oxygen atoms in total. The van der Waals surface area contributed by atoms with Gasteiger partial charge in [0, 0.05) is 12.1 Å². The third-order valence-electron chi connectivity index (χ3n) is 3.65. The number of nitrogens with one attached hydrogen (secondary N) is 1. The monoisotopic (exact) mass is 356 g/mol. The number of carbonyl (C=O) groups is 1. The van der Waals surface area contributed by atoms with Crippen LogP contribution in [0.5, 0.6) is 0 Å². The van der Waals surface area contributed by atoms with E-state index >= 15 is 0 Å². The molecule has 0 aromatic heterocycles. The normalized spacial score (nSPS) is 13.5. The number of amides is 1. The third-order valence-corrected chi connectivity index (χ3v) is 5.58. The highest BCUT2D eigenvalue weighted by Crippen LogP contribution is 2.15. The van der Waals surface area contributed by atoms with Crippen molar-refractivity contribution in [3.05, 3.63) is 77.9 Å². The fourth-order valence-corrected chi connectivity index (χ4v) is 3.84. The van der Waals surface area contributed by atoms with E-state index in [0.29, 0.717) is 17.0 Å². The molecule has 0 heterocycles. The molecule has 0 saturated carbocycles. The molecule has 5 heteroatoms. The van der Waals surface area contributed by atoms with Crippen molar-refractivity contribution in [3.8, 4) is 0 Å². The molecule has 25 heavy (non-hydrogen) atoms. The summed E-state index contributed by atoms with van der Waals surface area (Å²) in [6, 6.07) is 16.0. The van der Waals surface area contributed by atoms with Crippen LogP contribution in [-0.2, 0) is 9.92 Å². The van der Waals surface area contributed by atoms with E-state index in [1.54, 1.807) is 36.4 Å². The van der Waals surface area contributed by atoms with Gasteiger partial charge in [0.15, 0.2) is 0 Å². The van der Waals surface area contributed by atoms with Crippen LogP contribution in [0, 0.1) is 6.92 Å². The Bertz CT molecular complexity index is 834.